The standard InChI is InChI=1S/C27H40ClNO3/c1-18(2)21-17-29(14-13-26(6,7)24(31)32)23(30)16-27(21,8)20-10-9-19(22(28)15-20)11-12-25(3,4)5/h9-10,15,17-18H,11-14,16H2,1-8H3,(H,31,32)/t27-/m1/s1. The molecule has 1 aromatic rings. The molecule has 1 aliphatic rings. The van der Waals surface area contributed by atoms with Crippen molar-refractivity contribution < 1.29 is 14.7 Å². The quantitative estimate of drug-likeness (QED) is 0.460. The third kappa shape index (κ3) is 6.15. The lowest BCUT2D eigenvalue weighted by molar-refractivity contribution is -0.148. The molecule has 1 atom stereocenters. The van der Waals surface area contributed by atoms with Gasteiger partial charge in [0, 0.05) is 29.6 Å². The summed E-state index contributed by atoms with van der Waals surface area (Å²) in [6, 6.07) is 6.27. The Morgan fingerprint density at radius 3 is 2.31 bits per heavy atom. The number of allylic oxidation sites excluding steroid dienone is 1. The van der Waals surface area contributed by atoms with Gasteiger partial charge in [-0.2, -0.15) is 0 Å². The van der Waals surface area contributed by atoms with E-state index in [2.05, 4.69) is 53.7 Å². The van der Waals surface area contributed by atoms with Gasteiger partial charge in [-0.3, -0.25) is 9.59 Å². The van der Waals surface area contributed by atoms with Crippen molar-refractivity contribution in [1.29, 1.82) is 0 Å². The number of carboxylic acid groups (broad SMARTS) is 1. The van der Waals surface area contributed by atoms with E-state index in [1.54, 1.807) is 18.7 Å². The van der Waals surface area contributed by atoms with E-state index < -0.39 is 16.8 Å². The van der Waals surface area contributed by atoms with E-state index in [-0.39, 0.29) is 17.2 Å². The molecule has 1 amide bonds. The Bertz CT molecular complexity index is 895. The fourth-order valence-electron chi connectivity index (χ4n) is 4.24. The molecule has 178 valence electrons. The number of hydrogen-bond donors (Lipinski definition) is 1. The second kappa shape index (κ2) is 9.59. The summed E-state index contributed by atoms with van der Waals surface area (Å²) in [6.45, 7) is 16.9. The van der Waals surface area contributed by atoms with E-state index in [1.807, 2.05) is 12.3 Å². The number of aryl methyl sites for hydroxylation is 1. The van der Waals surface area contributed by atoms with Crippen LogP contribution < -0.4 is 0 Å². The molecule has 0 unspecified atom stereocenters. The normalized spacial score (nSPS) is 20.0. The summed E-state index contributed by atoms with van der Waals surface area (Å²) >= 11 is 6.69. The summed E-state index contributed by atoms with van der Waals surface area (Å²) in [5.74, 6) is -0.588. The zero-order valence-corrected chi connectivity index (χ0v) is 21.8. The van der Waals surface area contributed by atoms with E-state index in [1.165, 1.54) is 5.57 Å². The second-order valence-electron chi connectivity index (χ2n) is 11.6. The first-order valence-corrected chi connectivity index (χ1v) is 12.0. The minimum atomic E-state index is -0.872. The summed E-state index contributed by atoms with van der Waals surface area (Å²) in [7, 11) is 0. The third-order valence-electron chi connectivity index (χ3n) is 6.77. The van der Waals surface area contributed by atoms with Crippen LogP contribution in [0, 0.1) is 16.7 Å². The average molecular weight is 462 g/mol. The third-order valence-corrected chi connectivity index (χ3v) is 7.12. The molecular weight excluding hydrogens is 422 g/mol. The maximum absolute atomic E-state index is 13.1. The van der Waals surface area contributed by atoms with Crippen molar-refractivity contribution in [2.24, 2.45) is 16.7 Å². The van der Waals surface area contributed by atoms with Crippen LogP contribution in [0.5, 0.6) is 0 Å². The number of halogens is 1. The largest absolute Gasteiger partial charge is 0.481 e. The SMILES string of the molecule is CC(C)C1=CN(CCC(C)(C)C(=O)O)C(=O)C[C@]1(C)c1ccc(CCC(C)(C)C)c(Cl)c1. The monoisotopic (exact) mass is 461 g/mol. The summed E-state index contributed by atoms with van der Waals surface area (Å²) in [6.07, 6.45) is 4.69. The maximum atomic E-state index is 13.1. The van der Waals surface area contributed by atoms with Gasteiger partial charge in [-0.1, -0.05) is 65.3 Å². The van der Waals surface area contributed by atoms with Crippen molar-refractivity contribution in [2.75, 3.05) is 6.54 Å². The van der Waals surface area contributed by atoms with Crippen molar-refractivity contribution in [2.45, 2.75) is 86.5 Å². The second-order valence-corrected chi connectivity index (χ2v) is 12.0. The molecule has 4 nitrogen and oxygen atoms in total. The molecule has 0 fully saturated rings. The van der Waals surface area contributed by atoms with Crippen LogP contribution >= 0.6 is 11.6 Å². The Morgan fingerprint density at radius 1 is 1.19 bits per heavy atom. The smallest absolute Gasteiger partial charge is 0.309 e. The highest BCUT2D eigenvalue weighted by Gasteiger charge is 2.41. The van der Waals surface area contributed by atoms with Crippen LogP contribution in [0.1, 0.15) is 85.8 Å². The molecule has 0 saturated carbocycles. The number of carboxylic acids is 1. The van der Waals surface area contributed by atoms with Gasteiger partial charge in [-0.15, -0.1) is 0 Å². The summed E-state index contributed by atoms with van der Waals surface area (Å²) in [4.78, 5) is 26.3. The summed E-state index contributed by atoms with van der Waals surface area (Å²) in [5, 5.41) is 10.2. The Hall–Kier alpha value is -1.81. The minimum absolute atomic E-state index is 0.0195. The molecule has 5 heteroatoms. The molecule has 1 aliphatic heterocycles. The molecule has 0 spiro atoms. The average Bonchev–Trinajstić information content (AvgIpc) is 2.65. The number of benzene rings is 1. The van der Waals surface area contributed by atoms with Gasteiger partial charge < -0.3 is 10.0 Å². The molecule has 2 rings (SSSR count). The van der Waals surface area contributed by atoms with Crippen molar-refractivity contribution in [3.63, 3.8) is 0 Å². The molecule has 0 aliphatic carbocycles. The highest BCUT2D eigenvalue weighted by molar-refractivity contribution is 6.31. The first-order chi connectivity index (χ1) is 14.6. The zero-order chi connectivity index (χ0) is 24.5. The summed E-state index contributed by atoms with van der Waals surface area (Å²) < 4.78 is 0. The summed E-state index contributed by atoms with van der Waals surface area (Å²) in [5.41, 5.74) is 2.31. The Morgan fingerprint density at radius 2 is 1.81 bits per heavy atom. The molecule has 32 heavy (non-hydrogen) atoms. The Kier molecular flexibility index (Phi) is 7.92. The molecule has 0 bridgehead atoms. The van der Waals surface area contributed by atoms with Crippen LogP contribution in [0.25, 0.3) is 0 Å². The van der Waals surface area contributed by atoms with Gasteiger partial charge in [0.15, 0.2) is 0 Å². The molecule has 1 heterocycles. The lowest BCUT2D eigenvalue weighted by Gasteiger charge is -2.41. The van der Waals surface area contributed by atoms with Gasteiger partial charge >= 0.3 is 5.97 Å². The number of nitrogens with zero attached hydrogens (tertiary/aromatic N) is 1. The highest BCUT2D eigenvalue weighted by atomic mass is 35.5. The van der Waals surface area contributed by atoms with Crippen LogP contribution in [0.2, 0.25) is 5.02 Å². The Labute approximate surface area is 199 Å². The van der Waals surface area contributed by atoms with Gasteiger partial charge in [-0.25, -0.2) is 0 Å². The number of carbonyl (C=O) groups is 2. The molecule has 0 saturated heterocycles. The predicted molar refractivity (Wildman–Crippen MR) is 132 cm³/mol. The Balaban J connectivity index is 2.34. The van der Waals surface area contributed by atoms with Gasteiger partial charge in [0.2, 0.25) is 5.91 Å². The first-order valence-electron chi connectivity index (χ1n) is 11.6. The zero-order valence-electron chi connectivity index (χ0n) is 21.0. The van der Waals surface area contributed by atoms with Crippen LogP contribution in [-0.2, 0) is 21.4 Å². The molecular formula is C27H40ClNO3. The topological polar surface area (TPSA) is 57.6 Å². The maximum Gasteiger partial charge on any atom is 0.309 e. The van der Waals surface area contributed by atoms with Crippen molar-refractivity contribution in [3.8, 4) is 0 Å². The van der Waals surface area contributed by atoms with Crippen molar-refractivity contribution in [1.82, 2.24) is 4.90 Å². The van der Waals surface area contributed by atoms with Crippen molar-refractivity contribution >= 4 is 23.5 Å². The van der Waals surface area contributed by atoms with Crippen LogP contribution in [0.4, 0.5) is 0 Å². The van der Waals surface area contributed by atoms with Crippen molar-refractivity contribution in [3.05, 3.63) is 46.1 Å². The first kappa shape index (κ1) is 26.4. The predicted octanol–water partition coefficient (Wildman–Crippen LogP) is 6.85. The number of aliphatic carboxylic acids is 1. The molecule has 1 N–H and O–H groups in total. The van der Waals surface area contributed by atoms with Crippen LogP contribution in [-0.4, -0.2) is 28.4 Å². The molecule has 0 radical (unpaired) electrons. The van der Waals surface area contributed by atoms with Gasteiger partial charge in [-0.05, 0) is 67.2 Å². The van der Waals surface area contributed by atoms with E-state index in [0.717, 1.165) is 29.0 Å². The highest BCUT2D eigenvalue weighted by Crippen LogP contribution is 2.44. The van der Waals surface area contributed by atoms with Gasteiger partial charge in [0.05, 0.1) is 5.41 Å². The fourth-order valence-corrected chi connectivity index (χ4v) is 4.52. The lowest BCUT2D eigenvalue weighted by atomic mass is 9.68. The number of carbonyl (C=O) groups excluding carboxylic acids is 1. The van der Waals surface area contributed by atoms with E-state index in [4.69, 9.17) is 11.6 Å². The minimum Gasteiger partial charge on any atom is -0.481 e. The van der Waals surface area contributed by atoms with Crippen LogP contribution in [0.3, 0.4) is 0 Å². The lowest BCUT2D eigenvalue weighted by Crippen LogP contribution is -2.43. The molecule has 1 aromatic carbocycles. The number of hydrogen-bond acceptors (Lipinski definition) is 2. The molecule has 0 aromatic heterocycles. The van der Waals surface area contributed by atoms with E-state index >= 15 is 0 Å². The van der Waals surface area contributed by atoms with Gasteiger partial charge in [0.1, 0.15) is 0 Å². The van der Waals surface area contributed by atoms with Crippen LogP contribution in [0.15, 0.2) is 30.0 Å². The fraction of sp³-hybridized carbons (Fsp3) is 0.630. The van der Waals surface area contributed by atoms with Gasteiger partial charge in [0.25, 0.3) is 0 Å². The number of amides is 1. The number of rotatable bonds is 8. The van der Waals surface area contributed by atoms with E-state index in [9.17, 15) is 14.7 Å². The van der Waals surface area contributed by atoms with E-state index in [0.29, 0.717) is 19.4 Å².